The molecule has 1 aliphatic rings. The molecule has 0 saturated carbocycles. The summed E-state index contributed by atoms with van der Waals surface area (Å²) in [4.78, 5) is 35.1. The van der Waals surface area contributed by atoms with Crippen LogP contribution < -0.4 is 5.32 Å². The van der Waals surface area contributed by atoms with Crippen molar-refractivity contribution in [2.24, 2.45) is 0 Å². The van der Waals surface area contributed by atoms with Crippen LogP contribution in [0.25, 0.3) is 0 Å². The van der Waals surface area contributed by atoms with Gasteiger partial charge in [-0.25, -0.2) is 0 Å². The van der Waals surface area contributed by atoms with E-state index in [-0.39, 0.29) is 36.5 Å². The minimum Gasteiger partial charge on any atom is -0.347 e. The van der Waals surface area contributed by atoms with Crippen molar-refractivity contribution >= 4 is 17.5 Å². The van der Waals surface area contributed by atoms with Gasteiger partial charge in [-0.05, 0) is 12.5 Å². The molecule has 1 saturated heterocycles. The van der Waals surface area contributed by atoms with Gasteiger partial charge in [-0.1, -0.05) is 12.1 Å². The summed E-state index contributed by atoms with van der Waals surface area (Å²) in [5, 5.41) is 13.1. The third-order valence-electron chi connectivity index (χ3n) is 3.27. The Morgan fingerprint density at radius 3 is 2.60 bits per heavy atom. The summed E-state index contributed by atoms with van der Waals surface area (Å²) in [6.45, 7) is 2.15. The molecule has 0 unspecified atom stereocenters. The smallest absolute Gasteiger partial charge is 0.269 e. The molecule has 1 aromatic carbocycles. The molecule has 1 heterocycles. The van der Waals surface area contributed by atoms with Gasteiger partial charge in [-0.2, -0.15) is 0 Å². The Morgan fingerprint density at radius 2 is 2.00 bits per heavy atom. The summed E-state index contributed by atoms with van der Waals surface area (Å²) in [5.74, 6) is -0.293. The number of nitro benzene ring substituents is 1. The van der Waals surface area contributed by atoms with Crippen LogP contribution in [-0.4, -0.2) is 34.2 Å². The molecule has 1 atom stereocenters. The number of nitrogens with zero attached hydrogens (tertiary/aromatic N) is 2. The van der Waals surface area contributed by atoms with Gasteiger partial charge < -0.3 is 10.2 Å². The molecule has 1 aromatic rings. The molecule has 106 valence electrons. The lowest BCUT2D eigenvalue weighted by Crippen LogP contribution is -2.39. The third-order valence-corrected chi connectivity index (χ3v) is 3.27. The highest BCUT2D eigenvalue weighted by molar-refractivity contribution is 5.87. The largest absolute Gasteiger partial charge is 0.347 e. The van der Waals surface area contributed by atoms with E-state index < -0.39 is 4.92 Å². The van der Waals surface area contributed by atoms with Crippen LogP contribution >= 0.6 is 0 Å². The van der Waals surface area contributed by atoms with E-state index in [1.807, 2.05) is 6.92 Å². The van der Waals surface area contributed by atoms with Crippen molar-refractivity contribution in [3.05, 3.63) is 39.9 Å². The number of carbonyl (C=O) groups is 2. The maximum absolute atomic E-state index is 12.0. The van der Waals surface area contributed by atoms with Crippen LogP contribution in [0.1, 0.15) is 18.9 Å². The summed E-state index contributed by atoms with van der Waals surface area (Å²) in [6.07, 6.45) is 0.263. The number of amides is 2. The van der Waals surface area contributed by atoms with Crippen LogP contribution in [0.3, 0.4) is 0 Å². The highest BCUT2D eigenvalue weighted by atomic mass is 16.6. The first-order valence-corrected chi connectivity index (χ1v) is 6.27. The van der Waals surface area contributed by atoms with E-state index in [9.17, 15) is 19.7 Å². The monoisotopic (exact) mass is 277 g/mol. The van der Waals surface area contributed by atoms with Crippen molar-refractivity contribution < 1.29 is 14.5 Å². The minimum absolute atomic E-state index is 0.00381. The predicted octanol–water partition coefficient (Wildman–Crippen LogP) is 0.832. The van der Waals surface area contributed by atoms with Gasteiger partial charge >= 0.3 is 0 Å². The van der Waals surface area contributed by atoms with Crippen LogP contribution in [0, 0.1) is 10.1 Å². The molecular weight excluding hydrogens is 262 g/mol. The Morgan fingerprint density at radius 1 is 1.35 bits per heavy atom. The predicted molar refractivity (Wildman–Crippen MR) is 70.7 cm³/mol. The summed E-state index contributed by atoms with van der Waals surface area (Å²) in [5.41, 5.74) is 0.811. The van der Waals surface area contributed by atoms with Gasteiger partial charge in [0.2, 0.25) is 11.8 Å². The molecule has 7 heteroatoms. The molecule has 20 heavy (non-hydrogen) atoms. The molecular formula is C13H15N3O4. The SMILES string of the molecule is C[C@@H]1CC(=O)NCC(=O)N1Cc1ccc([N+](=O)[O-])cc1. The van der Waals surface area contributed by atoms with Crippen molar-refractivity contribution in [2.75, 3.05) is 6.54 Å². The van der Waals surface area contributed by atoms with Gasteiger partial charge in [0, 0.05) is 31.1 Å². The Bertz CT molecular complexity index is 541. The number of rotatable bonds is 3. The Kier molecular flexibility index (Phi) is 3.97. The van der Waals surface area contributed by atoms with Gasteiger partial charge in [-0.3, -0.25) is 19.7 Å². The first kappa shape index (κ1) is 14.0. The van der Waals surface area contributed by atoms with Gasteiger partial charge in [0.15, 0.2) is 0 Å². The van der Waals surface area contributed by atoms with E-state index in [2.05, 4.69) is 5.32 Å². The Balaban J connectivity index is 2.12. The van der Waals surface area contributed by atoms with Gasteiger partial charge in [0.25, 0.3) is 5.69 Å². The van der Waals surface area contributed by atoms with Crippen molar-refractivity contribution in [1.82, 2.24) is 10.2 Å². The van der Waals surface area contributed by atoms with E-state index in [0.29, 0.717) is 6.54 Å². The zero-order valence-electron chi connectivity index (χ0n) is 11.0. The van der Waals surface area contributed by atoms with Crippen LogP contribution in [0.2, 0.25) is 0 Å². The van der Waals surface area contributed by atoms with Crippen molar-refractivity contribution in [2.45, 2.75) is 25.9 Å². The van der Waals surface area contributed by atoms with Crippen LogP contribution in [-0.2, 0) is 16.1 Å². The second-order valence-corrected chi connectivity index (χ2v) is 4.78. The fourth-order valence-corrected chi connectivity index (χ4v) is 2.14. The lowest BCUT2D eigenvalue weighted by molar-refractivity contribution is -0.384. The molecule has 1 aliphatic heterocycles. The lowest BCUT2D eigenvalue weighted by atomic mass is 10.1. The van der Waals surface area contributed by atoms with Crippen molar-refractivity contribution in [3.8, 4) is 0 Å². The van der Waals surface area contributed by atoms with E-state index in [4.69, 9.17) is 0 Å². The van der Waals surface area contributed by atoms with Crippen LogP contribution in [0.4, 0.5) is 5.69 Å². The van der Waals surface area contributed by atoms with Crippen LogP contribution in [0.15, 0.2) is 24.3 Å². The molecule has 0 aromatic heterocycles. The fourth-order valence-electron chi connectivity index (χ4n) is 2.14. The van der Waals surface area contributed by atoms with Gasteiger partial charge in [-0.15, -0.1) is 0 Å². The highest BCUT2D eigenvalue weighted by Gasteiger charge is 2.26. The number of benzene rings is 1. The van der Waals surface area contributed by atoms with Crippen molar-refractivity contribution in [1.29, 1.82) is 0 Å². The maximum Gasteiger partial charge on any atom is 0.269 e. The van der Waals surface area contributed by atoms with Crippen molar-refractivity contribution in [3.63, 3.8) is 0 Å². The standard InChI is InChI=1S/C13H15N3O4/c1-9-6-12(17)14-7-13(18)15(9)8-10-2-4-11(5-3-10)16(19)20/h2-5,9H,6-8H2,1H3,(H,14,17)/t9-/m1/s1. The zero-order valence-corrected chi connectivity index (χ0v) is 11.0. The molecule has 1 fully saturated rings. The van der Waals surface area contributed by atoms with E-state index in [0.717, 1.165) is 5.56 Å². The molecule has 0 bridgehead atoms. The summed E-state index contributed by atoms with van der Waals surface area (Å²) in [6, 6.07) is 5.87. The molecule has 2 amide bonds. The summed E-state index contributed by atoms with van der Waals surface area (Å²) >= 11 is 0. The lowest BCUT2D eigenvalue weighted by Gasteiger charge is -2.26. The highest BCUT2D eigenvalue weighted by Crippen LogP contribution is 2.16. The molecule has 0 aliphatic carbocycles. The third kappa shape index (κ3) is 3.11. The second kappa shape index (κ2) is 5.68. The average molecular weight is 277 g/mol. The maximum atomic E-state index is 12.0. The number of hydrogen-bond donors (Lipinski definition) is 1. The molecule has 0 radical (unpaired) electrons. The number of carbonyl (C=O) groups excluding carboxylic acids is 2. The fraction of sp³-hybridized carbons (Fsp3) is 0.385. The second-order valence-electron chi connectivity index (χ2n) is 4.78. The molecule has 0 spiro atoms. The normalized spacial score (nSPS) is 19.4. The Labute approximate surface area is 115 Å². The number of hydrogen-bond acceptors (Lipinski definition) is 4. The Hall–Kier alpha value is -2.44. The first-order chi connectivity index (χ1) is 9.47. The number of nitrogens with one attached hydrogen (secondary N) is 1. The first-order valence-electron chi connectivity index (χ1n) is 6.27. The minimum atomic E-state index is -0.466. The van der Waals surface area contributed by atoms with E-state index in [1.165, 1.54) is 12.1 Å². The van der Waals surface area contributed by atoms with E-state index in [1.54, 1.807) is 17.0 Å². The zero-order chi connectivity index (χ0) is 14.7. The molecule has 7 nitrogen and oxygen atoms in total. The van der Waals surface area contributed by atoms with Crippen LogP contribution in [0.5, 0.6) is 0 Å². The quantitative estimate of drug-likeness (QED) is 0.654. The topological polar surface area (TPSA) is 92.6 Å². The molecule has 1 N–H and O–H groups in total. The molecule has 2 rings (SSSR count). The number of non-ortho nitro benzene ring substituents is 1. The number of nitro groups is 1. The van der Waals surface area contributed by atoms with E-state index >= 15 is 0 Å². The summed E-state index contributed by atoms with van der Waals surface area (Å²) < 4.78 is 0. The summed E-state index contributed by atoms with van der Waals surface area (Å²) in [7, 11) is 0. The van der Waals surface area contributed by atoms with Gasteiger partial charge in [0.05, 0.1) is 11.5 Å². The average Bonchev–Trinajstić information content (AvgIpc) is 2.52. The van der Waals surface area contributed by atoms with Gasteiger partial charge in [0.1, 0.15) is 0 Å².